The Morgan fingerprint density at radius 2 is 2.20 bits per heavy atom. The Morgan fingerprint density at radius 3 is 2.73 bits per heavy atom. The molecule has 0 N–H and O–H groups in total. The highest BCUT2D eigenvalue weighted by Crippen LogP contribution is 2.29. The molecule has 2 unspecified atom stereocenters. The van der Waals surface area contributed by atoms with E-state index in [-0.39, 0.29) is 12.2 Å². The van der Waals surface area contributed by atoms with Gasteiger partial charge in [-0.3, -0.25) is 0 Å². The van der Waals surface area contributed by atoms with Gasteiger partial charge in [0.15, 0.2) is 0 Å². The Balaban J connectivity index is 2.75. The summed E-state index contributed by atoms with van der Waals surface area (Å²) < 4.78 is 16.2. The van der Waals surface area contributed by atoms with Crippen LogP contribution in [0.2, 0.25) is 0 Å². The van der Waals surface area contributed by atoms with E-state index in [2.05, 4.69) is 6.07 Å². The van der Waals surface area contributed by atoms with Crippen LogP contribution in [-0.2, 0) is 14.2 Å². The van der Waals surface area contributed by atoms with Crippen molar-refractivity contribution in [3.8, 4) is 6.07 Å². The van der Waals surface area contributed by atoms with Crippen molar-refractivity contribution in [3.05, 3.63) is 11.5 Å². The molecule has 4 heteroatoms. The second-order valence-electron chi connectivity index (χ2n) is 3.43. The summed E-state index contributed by atoms with van der Waals surface area (Å²) >= 11 is 0. The van der Waals surface area contributed by atoms with E-state index in [0.29, 0.717) is 31.2 Å². The summed E-state index contributed by atoms with van der Waals surface area (Å²) in [5, 5.41) is 8.91. The van der Waals surface area contributed by atoms with Gasteiger partial charge in [0, 0.05) is 12.5 Å². The van der Waals surface area contributed by atoms with Crippen molar-refractivity contribution >= 4 is 0 Å². The molecular weight excluding hydrogens is 194 g/mol. The van der Waals surface area contributed by atoms with E-state index >= 15 is 0 Å². The second-order valence-corrected chi connectivity index (χ2v) is 3.43. The number of allylic oxidation sites excluding steroid dienone is 1. The normalized spacial score (nSPS) is 25.7. The van der Waals surface area contributed by atoms with Gasteiger partial charge in [-0.15, -0.1) is 0 Å². The minimum Gasteiger partial charge on any atom is -0.465 e. The lowest BCUT2D eigenvalue weighted by Gasteiger charge is -2.30. The molecule has 0 saturated carbocycles. The van der Waals surface area contributed by atoms with Crippen LogP contribution in [0.3, 0.4) is 0 Å². The molecule has 0 aliphatic carbocycles. The molecule has 4 nitrogen and oxygen atoms in total. The molecule has 0 amide bonds. The number of nitrogens with zero attached hydrogens (tertiary/aromatic N) is 1. The van der Waals surface area contributed by atoms with Gasteiger partial charge in [-0.2, -0.15) is 5.26 Å². The number of ether oxygens (including phenoxy) is 3. The maximum atomic E-state index is 8.91. The molecule has 2 atom stereocenters. The summed E-state index contributed by atoms with van der Waals surface area (Å²) in [6.07, 6.45) is 0.352. The Bertz CT molecular complexity index is 280. The summed E-state index contributed by atoms with van der Waals surface area (Å²) in [4.78, 5) is 0. The third-order valence-electron chi connectivity index (χ3n) is 2.20. The number of rotatable bonds is 4. The average Bonchev–Trinajstić information content (AvgIpc) is 2.23. The summed E-state index contributed by atoms with van der Waals surface area (Å²) in [5.74, 6) is 0.514. The van der Waals surface area contributed by atoms with Crippen LogP contribution in [0.25, 0.3) is 0 Å². The molecule has 1 aliphatic heterocycles. The summed E-state index contributed by atoms with van der Waals surface area (Å²) in [6.45, 7) is 6.86. The predicted molar refractivity (Wildman–Crippen MR) is 54.5 cm³/mol. The summed E-state index contributed by atoms with van der Waals surface area (Å²) in [7, 11) is 0. The first-order valence-electron chi connectivity index (χ1n) is 5.27. The Hall–Kier alpha value is -1.21. The first-order chi connectivity index (χ1) is 7.22. The smallest absolute Gasteiger partial charge is 0.295 e. The maximum absolute atomic E-state index is 8.91. The highest BCUT2D eigenvalue weighted by Gasteiger charge is 2.30. The van der Waals surface area contributed by atoms with Gasteiger partial charge in [0.25, 0.3) is 5.95 Å². The van der Waals surface area contributed by atoms with E-state index in [9.17, 15) is 0 Å². The van der Waals surface area contributed by atoms with Crippen molar-refractivity contribution < 1.29 is 14.2 Å². The zero-order valence-corrected chi connectivity index (χ0v) is 9.45. The van der Waals surface area contributed by atoms with Gasteiger partial charge in [-0.05, 0) is 20.3 Å². The van der Waals surface area contributed by atoms with E-state index < -0.39 is 0 Å². The third-order valence-corrected chi connectivity index (χ3v) is 2.20. The lowest BCUT2D eigenvalue weighted by atomic mass is 10.00. The van der Waals surface area contributed by atoms with Gasteiger partial charge in [-0.25, -0.2) is 0 Å². The van der Waals surface area contributed by atoms with Crippen molar-refractivity contribution in [1.29, 1.82) is 5.26 Å². The Labute approximate surface area is 90.4 Å². The maximum Gasteiger partial charge on any atom is 0.295 e. The number of hydrogen-bond acceptors (Lipinski definition) is 4. The van der Waals surface area contributed by atoms with Crippen LogP contribution in [-0.4, -0.2) is 19.5 Å². The van der Waals surface area contributed by atoms with Gasteiger partial charge in [-0.1, -0.05) is 6.92 Å². The van der Waals surface area contributed by atoms with Crippen LogP contribution in [0.5, 0.6) is 0 Å². The number of hydrogen-bond donors (Lipinski definition) is 0. The van der Waals surface area contributed by atoms with E-state index in [4.69, 9.17) is 19.5 Å². The minimum absolute atomic E-state index is 0.184. The van der Waals surface area contributed by atoms with Gasteiger partial charge < -0.3 is 14.2 Å². The largest absolute Gasteiger partial charge is 0.465 e. The second kappa shape index (κ2) is 5.62. The molecule has 0 aromatic heterocycles. The summed E-state index contributed by atoms with van der Waals surface area (Å²) in [5.41, 5.74) is 0.570. The van der Waals surface area contributed by atoms with Crippen LogP contribution in [0, 0.1) is 17.2 Å². The molecule has 0 fully saturated rings. The highest BCUT2D eigenvalue weighted by atomic mass is 16.8. The standard InChI is InChI=1S/C11H17NO3/c1-4-13-10-8(3)6-9(7-12)11(15-10)14-5-2/h8,10H,4-6H2,1-3H3. The first kappa shape index (κ1) is 11.9. The van der Waals surface area contributed by atoms with E-state index in [1.54, 1.807) is 0 Å². The number of nitriles is 1. The SMILES string of the molecule is CCOC1=C(C#N)CC(C)C(OCC)O1. The topological polar surface area (TPSA) is 51.5 Å². The monoisotopic (exact) mass is 211 g/mol. The van der Waals surface area contributed by atoms with Crippen molar-refractivity contribution in [2.45, 2.75) is 33.5 Å². The lowest BCUT2D eigenvalue weighted by Crippen LogP contribution is -2.30. The average molecular weight is 211 g/mol. The predicted octanol–water partition coefficient (Wildman–Crippen LogP) is 2.18. The first-order valence-corrected chi connectivity index (χ1v) is 5.27. The molecular formula is C11H17NO3. The zero-order valence-electron chi connectivity index (χ0n) is 9.45. The molecule has 0 spiro atoms. The fourth-order valence-corrected chi connectivity index (χ4v) is 1.50. The quantitative estimate of drug-likeness (QED) is 0.715. The molecule has 0 bridgehead atoms. The Kier molecular flexibility index (Phi) is 4.44. The van der Waals surface area contributed by atoms with Crippen molar-refractivity contribution in [2.24, 2.45) is 5.92 Å². The molecule has 1 rings (SSSR count). The fourth-order valence-electron chi connectivity index (χ4n) is 1.50. The van der Waals surface area contributed by atoms with Gasteiger partial charge >= 0.3 is 0 Å². The van der Waals surface area contributed by atoms with Crippen LogP contribution in [0.4, 0.5) is 0 Å². The highest BCUT2D eigenvalue weighted by molar-refractivity contribution is 5.24. The van der Waals surface area contributed by atoms with Crippen LogP contribution < -0.4 is 0 Å². The molecule has 0 saturated heterocycles. The van der Waals surface area contributed by atoms with E-state index in [0.717, 1.165) is 0 Å². The van der Waals surface area contributed by atoms with E-state index in [1.807, 2.05) is 20.8 Å². The minimum atomic E-state index is -0.298. The Morgan fingerprint density at radius 1 is 1.47 bits per heavy atom. The lowest BCUT2D eigenvalue weighted by molar-refractivity contribution is -0.181. The van der Waals surface area contributed by atoms with Crippen LogP contribution in [0.1, 0.15) is 27.2 Å². The molecule has 1 heterocycles. The van der Waals surface area contributed by atoms with Crippen LogP contribution in [0.15, 0.2) is 11.5 Å². The molecule has 15 heavy (non-hydrogen) atoms. The van der Waals surface area contributed by atoms with Crippen molar-refractivity contribution in [3.63, 3.8) is 0 Å². The fraction of sp³-hybridized carbons (Fsp3) is 0.727. The van der Waals surface area contributed by atoms with Gasteiger partial charge in [0.1, 0.15) is 11.6 Å². The van der Waals surface area contributed by atoms with Crippen molar-refractivity contribution in [1.82, 2.24) is 0 Å². The van der Waals surface area contributed by atoms with Crippen molar-refractivity contribution in [2.75, 3.05) is 13.2 Å². The molecule has 1 aliphatic rings. The van der Waals surface area contributed by atoms with Crippen LogP contribution >= 0.6 is 0 Å². The molecule has 0 radical (unpaired) electrons. The zero-order chi connectivity index (χ0) is 11.3. The molecule has 0 aromatic carbocycles. The van der Waals surface area contributed by atoms with Gasteiger partial charge in [0.2, 0.25) is 6.29 Å². The molecule has 84 valence electrons. The van der Waals surface area contributed by atoms with Gasteiger partial charge in [0.05, 0.1) is 6.61 Å². The summed E-state index contributed by atoms with van der Waals surface area (Å²) in [6, 6.07) is 2.11. The van der Waals surface area contributed by atoms with E-state index in [1.165, 1.54) is 0 Å². The molecule has 0 aromatic rings. The third kappa shape index (κ3) is 2.87.